The van der Waals surface area contributed by atoms with Gasteiger partial charge in [0.15, 0.2) is 0 Å². The molecule has 0 aliphatic heterocycles. The van der Waals surface area contributed by atoms with E-state index in [0.29, 0.717) is 18.5 Å². The highest BCUT2D eigenvalue weighted by Crippen LogP contribution is 2.11. The first-order chi connectivity index (χ1) is 15.0. The standard InChI is InChI=1S/C22H25N5O3S/c23-21(29)18(12-17-7-4-10-31-17)27-22(30)19(11-16-13-24-14-25-16)26-20(28)9-8-15-5-2-1-3-6-15/h1-7,10,13-14,18-19H,8-9,11-12H2,(H2,23,29)(H,24,25)(H,26,28)(H,27,30)/t18-,19-/m0/s1. The number of carbonyl (C=O) groups excluding carboxylic acids is 3. The van der Waals surface area contributed by atoms with Crippen LogP contribution in [0.4, 0.5) is 0 Å². The van der Waals surface area contributed by atoms with Crippen LogP contribution in [0, 0.1) is 0 Å². The van der Waals surface area contributed by atoms with E-state index in [1.54, 1.807) is 6.20 Å². The van der Waals surface area contributed by atoms with Gasteiger partial charge in [0.1, 0.15) is 12.1 Å². The second-order valence-electron chi connectivity index (χ2n) is 7.13. The fourth-order valence-corrected chi connectivity index (χ4v) is 3.87. The summed E-state index contributed by atoms with van der Waals surface area (Å²) in [5.74, 6) is -1.35. The summed E-state index contributed by atoms with van der Waals surface area (Å²) >= 11 is 1.48. The Labute approximate surface area is 184 Å². The van der Waals surface area contributed by atoms with Crippen LogP contribution in [0.5, 0.6) is 0 Å². The monoisotopic (exact) mass is 439 g/mol. The number of primary amides is 1. The van der Waals surface area contributed by atoms with Crippen LogP contribution in [0.2, 0.25) is 0 Å². The van der Waals surface area contributed by atoms with Gasteiger partial charge >= 0.3 is 0 Å². The van der Waals surface area contributed by atoms with E-state index in [2.05, 4.69) is 20.6 Å². The van der Waals surface area contributed by atoms with Crippen molar-refractivity contribution in [1.82, 2.24) is 20.6 Å². The molecule has 1 aromatic carbocycles. The zero-order valence-electron chi connectivity index (χ0n) is 16.9. The Bertz CT molecular complexity index is 974. The maximum atomic E-state index is 13.0. The fourth-order valence-electron chi connectivity index (χ4n) is 3.12. The largest absolute Gasteiger partial charge is 0.368 e. The van der Waals surface area contributed by atoms with Gasteiger partial charge in [-0.25, -0.2) is 4.98 Å². The SMILES string of the molecule is NC(=O)[C@H](Cc1cccs1)NC(=O)[C@H](Cc1cnc[nH]1)NC(=O)CCc1ccccc1. The number of imidazole rings is 1. The van der Waals surface area contributed by atoms with Crippen molar-refractivity contribution in [3.8, 4) is 0 Å². The van der Waals surface area contributed by atoms with E-state index in [1.807, 2.05) is 47.8 Å². The number of nitrogens with one attached hydrogen (secondary N) is 3. The number of rotatable bonds is 11. The number of hydrogen-bond donors (Lipinski definition) is 4. The molecule has 0 fully saturated rings. The smallest absolute Gasteiger partial charge is 0.243 e. The van der Waals surface area contributed by atoms with Crippen LogP contribution in [-0.4, -0.2) is 39.8 Å². The summed E-state index contributed by atoms with van der Waals surface area (Å²) in [6.07, 6.45) is 4.42. The molecule has 2 heterocycles. The van der Waals surface area contributed by atoms with Crippen LogP contribution < -0.4 is 16.4 Å². The van der Waals surface area contributed by atoms with E-state index in [0.717, 1.165) is 10.4 Å². The molecule has 162 valence electrons. The molecule has 2 atom stereocenters. The van der Waals surface area contributed by atoms with Gasteiger partial charge in [-0.15, -0.1) is 11.3 Å². The molecule has 3 aromatic rings. The summed E-state index contributed by atoms with van der Waals surface area (Å²) in [4.78, 5) is 45.2. The number of benzene rings is 1. The second-order valence-corrected chi connectivity index (χ2v) is 8.17. The summed E-state index contributed by atoms with van der Waals surface area (Å²) in [5, 5.41) is 7.36. The third-order valence-electron chi connectivity index (χ3n) is 4.76. The maximum Gasteiger partial charge on any atom is 0.243 e. The van der Waals surface area contributed by atoms with Crippen molar-refractivity contribution in [2.24, 2.45) is 5.73 Å². The van der Waals surface area contributed by atoms with Gasteiger partial charge in [-0.1, -0.05) is 36.4 Å². The number of amides is 3. The van der Waals surface area contributed by atoms with E-state index >= 15 is 0 Å². The first-order valence-electron chi connectivity index (χ1n) is 9.94. The number of hydrogen-bond acceptors (Lipinski definition) is 5. The third-order valence-corrected chi connectivity index (χ3v) is 5.66. The van der Waals surface area contributed by atoms with Gasteiger partial charge in [0, 0.05) is 36.0 Å². The molecule has 3 rings (SSSR count). The van der Waals surface area contributed by atoms with Gasteiger partial charge in [0.2, 0.25) is 17.7 Å². The van der Waals surface area contributed by atoms with Gasteiger partial charge in [-0.3, -0.25) is 14.4 Å². The van der Waals surface area contributed by atoms with Gasteiger partial charge in [-0.05, 0) is 23.4 Å². The molecular formula is C22H25N5O3S. The second kappa shape index (κ2) is 11.1. The Morgan fingerprint density at radius 2 is 1.84 bits per heavy atom. The van der Waals surface area contributed by atoms with Crippen LogP contribution in [0.1, 0.15) is 22.6 Å². The molecule has 0 bridgehead atoms. The number of aryl methyl sites for hydroxylation is 1. The highest BCUT2D eigenvalue weighted by Gasteiger charge is 2.26. The molecule has 0 saturated heterocycles. The average molecular weight is 440 g/mol. The lowest BCUT2D eigenvalue weighted by Gasteiger charge is -2.21. The number of aromatic nitrogens is 2. The van der Waals surface area contributed by atoms with Crippen molar-refractivity contribution in [2.45, 2.75) is 37.8 Å². The van der Waals surface area contributed by atoms with E-state index in [1.165, 1.54) is 17.7 Å². The predicted octanol–water partition coefficient (Wildman–Crippen LogP) is 1.34. The molecule has 0 spiro atoms. The molecular weight excluding hydrogens is 414 g/mol. The third kappa shape index (κ3) is 7.07. The molecule has 8 nitrogen and oxygen atoms in total. The van der Waals surface area contributed by atoms with E-state index in [-0.39, 0.29) is 18.7 Å². The van der Waals surface area contributed by atoms with Gasteiger partial charge in [0.05, 0.1) is 6.33 Å². The molecule has 0 unspecified atom stereocenters. The molecule has 3 amide bonds. The van der Waals surface area contributed by atoms with Crippen molar-refractivity contribution in [1.29, 1.82) is 0 Å². The normalized spacial score (nSPS) is 12.6. The predicted molar refractivity (Wildman–Crippen MR) is 118 cm³/mol. The molecule has 0 aliphatic carbocycles. The fraction of sp³-hybridized carbons (Fsp3) is 0.273. The van der Waals surface area contributed by atoms with Gasteiger partial charge in [-0.2, -0.15) is 0 Å². The van der Waals surface area contributed by atoms with E-state index < -0.39 is 23.9 Å². The van der Waals surface area contributed by atoms with Crippen LogP contribution in [-0.2, 0) is 33.6 Å². The minimum Gasteiger partial charge on any atom is -0.368 e. The molecule has 2 aromatic heterocycles. The Hall–Kier alpha value is -3.46. The minimum absolute atomic E-state index is 0.216. The van der Waals surface area contributed by atoms with E-state index in [4.69, 9.17) is 5.73 Å². The lowest BCUT2D eigenvalue weighted by atomic mass is 10.1. The highest BCUT2D eigenvalue weighted by molar-refractivity contribution is 7.09. The number of H-pyrrole nitrogens is 1. The Morgan fingerprint density at radius 3 is 2.48 bits per heavy atom. The zero-order valence-corrected chi connectivity index (χ0v) is 17.7. The molecule has 31 heavy (non-hydrogen) atoms. The summed E-state index contributed by atoms with van der Waals surface area (Å²) in [7, 11) is 0. The van der Waals surface area contributed by atoms with Crippen molar-refractivity contribution in [3.05, 3.63) is 76.5 Å². The van der Waals surface area contributed by atoms with Crippen LogP contribution in [0.15, 0.2) is 60.4 Å². The number of aromatic amines is 1. The Morgan fingerprint density at radius 1 is 1.03 bits per heavy atom. The molecule has 0 aliphatic rings. The molecule has 9 heteroatoms. The summed E-state index contributed by atoms with van der Waals surface area (Å²) in [5.41, 5.74) is 7.23. The van der Waals surface area contributed by atoms with Gasteiger partial charge < -0.3 is 21.4 Å². The Balaban J connectivity index is 1.64. The lowest BCUT2D eigenvalue weighted by molar-refractivity contribution is -0.131. The maximum absolute atomic E-state index is 13.0. The minimum atomic E-state index is -0.867. The highest BCUT2D eigenvalue weighted by atomic mass is 32.1. The number of thiophene rings is 1. The molecule has 0 radical (unpaired) electrons. The first-order valence-corrected chi connectivity index (χ1v) is 10.8. The van der Waals surface area contributed by atoms with E-state index in [9.17, 15) is 14.4 Å². The molecule has 0 saturated carbocycles. The van der Waals surface area contributed by atoms with Crippen LogP contribution in [0.3, 0.4) is 0 Å². The summed E-state index contributed by atoms with van der Waals surface area (Å²) in [6.45, 7) is 0. The zero-order chi connectivity index (χ0) is 22.1. The molecule has 5 N–H and O–H groups in total. The first kappa shape index (κ1) is 22.2. The van der Waals surface area contributed by atoms with Crippen molar-refractivity contribution >= 4 is 29.1 Å². The Kier molecular flexibility index (Phi) is 7.94. The number of nitrogens with zero attached hydrogens (tertiary/aromatic N) is 1. The van der Waals surface area contributed by atoms with Crippen molar-refractivity contribution < 1.29 is 14.4 Å². The summed E-state index contributed by atoms with van der Waals surface area (Å²) in [6, 6.07) is 11.7. The van der Waals surface area contributed by atoms with Gasteiger partial charge in [0.25, 0.3) is 0 Å². The van der Waals surface area contributed by atoms with Crippen molar-refractivity contribution in [2.75, 3.05) is 0 Å². The quantitative estimate of drug-likeness (QED) is 0.359. The summed E-state index contributed by atoms with van der Waals surface area (Å²) < 4.78 is 0. The number of nitrogens with two attached hydrogens (primary N) is 1. The average Bonchev–Trinajstić information content (AvgIpc) is 3.46. The number of carbonyl (C=O) groups is 3. The topological polar surface area (TPSA) is 130 Å². The van der Waals surface area contributed by atoms with Crippen LogP contribution >= 0.6 is 11.3 Å². The van der Waals surface area contributed by atoms with Crippen LogP contribution in [0.25, 0.3) is 0 Å². The van der Waals surface area contributed by atoms with Crippen molar-refractivity contribution in [3.63, 3.8) is 0 Å². The lowest BCUT2D eigenvalue weighted by Crippen LogP contribution is -2.54.